The lowest BCUT2D eigenvalue weighted by atomic mass is 10.2. The maximum atomic E-state index is 12.0. The van der Waals surface area contributed by atoms with Crippen LogP contribution in [-0.4, -0.2) is 37.4 Å². The molecule has 0 radical (unpaired) electrons. The molecule has 27 heavy (non-hydrogen) atoms. The van der Waals surface area contributed by atoms with Crippen molar-refractivity contribution in [2.24, 2.45) is 0 Å². The van der Waals surface area contributed by atoms with Gasteiger partial charge in [-0.15, -0.1) is 5.10 Å². The van der Waals surface area contributed by atoms with Crippen molar-refractivity contribution in [2.45, 2.75) is 6.92 Å². The minimum absolute atomic E-state index is 0.199. The van der Waals surface area contributed by atoms with Crippen molar-refractivity contribution in [1.82, 2.24) is 24.4 Å². The van der Waals surface area contributed by atoms with E-state index in [4.69, 9.17) is 9.15 Å². The van der Waals surface area contributed by atoms with Gasteiger partial charge in [0.15, 0.2) is 17.3 Å². The van der Waals surface area contributed by atoms with Gasteiger partial charge in [0.1, 0.15) is 11.4 Å². The van der Waals surface area contributed by atoms with Crippen LogP contribution in [0.1, 0.15) is 16.2 Å². The summed E-state index contributed by atoms with van der Waals surface area (Å²) in [7, 11) is 1.60. The predicted octanol–water partition coefficient (Wildman–Crippen LogP) is 2.95. The van der Waals surface area contributed by atoms with Gasteiger partial charge in [-0.1, -0.05) is 17.3 Å². The lowest BCUT2D eigenvalue weighted by molar-refractivity contribution is 0.0996. The number of carbonyl (C=O) groups excluding carboxylic acids is 1. The number of benzene rings is 1. The smallest absolute Gasteiger partial charge is 0.293 e. The Morgan fingerprint density at radius 3 is 2.89 bits per heavy atom. The number of ether oxygens (including phenoxy) is 1. The van der Waals surface area contributed by atoms with E-state index in [1.165, 1.54) is 6.26 Å². The number of furan rings is 1. The van der Waals surface area contributed by atoms with Crippen molar-refractivity contribution >= 4 is 22.6 Å². The first kappa shape index (κ1) is 16.9. The highest BCUT2D eigenvalue weighted by Crippen LogP contribution is 2.27. The van der Waals surface area contributed by atoms with Gasteiger partial charge in [-0.25, -0.2) is 4.68 Å². The molecule has 1 aromatic carbocycles. The maximum absolute atomic E-state index is 12.0. The van der Waals surface area contributed by atoms with Gasteiger partial charge in [0.25, 0.3) is 5.91 Å². The fraction of sp³-hybridized carbons (Fsp3) is 0.118. The Labute approximate surface area is 157 Å². The van der Waals surface area contributed by atoms with Crippen LogP contribution in [0.15, 0.2) is 47.1 Å². The van der Waals surface area contributed by atoms with E-state index in [9.17, 15) is 4.79 Å². The van der Waals surface area contributed by atoms with E-state index in [1.807, 2.05) is 31.2 Å². The molecule has 0 spiro atoms. The number of carbonyl (C=O) groups is 1. The highest BCUT2D eigenvalue weighted by Gasteiger charge is 2.19. The molecule has 0 fully saturated rings. The van der Waals surface area contributed by atoms with Gasteiger partial charge in [0.05, 0.1) is 19.1 Å². The summed E-state index contributed by atoms with van der Waals surface area (Å²) in [5.41, 5.74) is 2.04. The summed E-state index contributed by atoms with van der Waals surface area (Å²) < 4.78 is 16.4. The fourth-order valence-corrected chi connectivity index (χ4v) is 3.07. The topological polar surface area (TPSA) is 108 Å². The van der Waals surface area contributed by atoms with E-state index < -0.39 is 5.91 Å². The van der Waals surface area contributed by atoms with Crippen LogP contribution in [0.25, 0.3) is 17.2 Å². The summed E-state index contributed by atoms with van der Waals surface area (Å²) in [6.07, 6.45) is 1.43. The molecule has 0 aliphatic carbocycles. The summed E-state index contributed by atoms with van der Waals surface area (Å²) in [6, 6.07) is 10.7. The van der Waals surface area contributed by atoms with E-state index in [1.54, 1.807) is 23.9 Å². The minimum Gasteiger partial charge on any atom is -0.494 e. The lowest BCUT2D eigenvalue weighted by Crippen LogP contribution is -2.10. The second-order valence-corrected chi connectivity index (χ2v) is 6.21. The number of nitrogens with one attached hydrogen (secondary N) is 1. The van der Waals surface area contributed by atoms with Crippen LogP contribution >= 0.6 is 11.5 Å². The molecule has 10 heteroatoms. The first-order valence-electron chi connectivity index (χ1n) is 7.92. The summed E-state index contributed by atoms with van der Waals surface area (Å²) in [4.78, 5) is 16.4. The molecule has 136 valence electrons. The Morgan fingerprint density at radius 1 is 1.26 bits per heavy atom. The number of nitrogens with zero attached hydrogens (tertiary/aromatic N) is 5. The third kappa shape index (κ3) is 3.17. The van der Waals surface area contributed by atoms with Crippen LogP contribution in [0, 0.1) is 6.92 Å². The van der Waals surface area contributed by atoms with E-state index in [2.05, 4.69) is 25.0 Å². The molecule has 3 heterocycles. The molecule has 4 rings (SSSR count). The van der Waals surface area contributed by atoms with Crippen LogP contribution < -0.4 is 10.1 Å². The maximum Gasteiger partial charge on any atom is 0.293 e. The highest BCUT2D eigenvalue weighted by atomic mass is 32.1. The van der Waals surface area contributed by atoms with E-state index in [-0.39, 0.29) is 5.76 Å². The zero-order chi connectivity index (χ0) is 18.8. The van der Waals surface area contributed by atoms with Gasteiger partial charge >= 0.3 is 0 Å². The number of hydrogen-bond acceptors (Lipinski definition) is 8. The summed E-state index contributed by atoms with van der Waals surface area (Å²) >= 11 is 1.05. The van der Waals surface area contributed by atoms with Gasteiger partial charge in [-0.3, -0.25) is 10.1 Å². The van der Waals surface area contributed by atoms with Gasteiger partial charge in [0, 0.05) is 11.5 Å². The quantitative estimate of drug-likeness (QED) is 0.565. The molecule has 0 bridgehead atoms. The summed E-state index contributed by atoms with van der Waals surface area (Å²) in [5.74, 6) is 0.866. The average molecular weight is 382 g/mol. The molecule has 4 aromatic rings. The van der Waals surface area contributed by atoms with Crippen molar-refractivity contribution in [3.05, 3.63) is 54.1 Å². The van der Waals surface area contributed by atoms with Gasteiger partial charge in [-0.05, 0) is 31.2 Å². The van der Waals surface area contributed by atoms with E-state index in [0.717, 1.165) is 22.9 Å². The zero-order valence-corrected chi connectivity index (χ0v) is 15.2. The van der Waals surface area contributed by atoms with Crippen LogP contribution in [-0.2, 0) is 0 Å². The first-order valence-corrected chi connectivity index (χ1v) is 8.69. The van der Waals surface area contributed by atoms with Gasteiger partial charge in [-0.2, -0.15) is 9.36 Å². The Morgan fingerprint density at radius 2 is 2.11 bits per heavy atom. The number of methoxy groups -OCH3 is 1. The van der Waals surface area contributed by atoms with Crippen molar-refractivity contribution in [2.75, 3.05) is 12.4 Å². The van der Waals surface area contributed by atoms with Crippen LogP contribution in [0.3, 0.4) is 0 Å². The monoisotopic (exact) mass is 382 g/mol. The number of amides is 1. The predicted molar refractivity (Wildman–Crippen MR) is 98.2 cm³/mol. The van der Waals surface area contributed by atoms with Crippen molar-refractivity contribution < 1.29 is 13.9 Å². The lowest BCUT2D eigenvalue weighted by Gasteiger charge is -2.08. The number of anilines is 1. The summed E-state index contributed by atoms with van der Waals surface area (Å²) in [6.45, 7) is 1.86. The molecule has 0 saturated heterocycles. The third-order valence-corrected chi connectivity index (χ3v) is 4.44. The number of hydrogen-bond donors (Lipinski definition) is 1. The van der Waals surface area contributed by atoms with Crippen molar-refractivity contribution in [3.63, 3.8) is 0 Å². The largest absolute Gasteiger partial charge is 0.494 e. The van der Waals surface area contributed by atoms with Crippen LogP contribution in [0.5, 0.6) is 5.75 Å². The summed E-state index contributed by atoms with van der Waals surface area (Å²) in [5, 5.41) is 11.4. The van der Waals surface area contributed by atoms with Crippen molar-refractivity contribution in [3.8, 4) is 23.0 Å². The Kier molecular flexibility index (Phi) is 4.38. The minimum atomic E-state index is -0.392. The Bertz CT molecular complexity index is 1090. The second kappa shape index (κ2) is 7.00. The molecular formula is C17H14N6O3S. The molecule has 0 aliphatic rings. The second-order valence-electron chi connectivity index (χ2n) is 5.46. The number of rotatable bonds is 5. The molecule has 1 N–H and O–H groups in total. The van der Waals surface area contributed by atoms with Crippen LogP contribution in [0.2, 0.25) is 0 Å². The zero-order valence-electron chi connectivity index (χ0n) is 14.4. The average Bonchev–Trinajstić information content (AvgIpc) is 3.42. The third-order valence-electron chi connectivity index (χ3n) is 3.81. The van der Waals surface area contributed by atoms with Crippen molar-refractivity contribution in [1.29, 1.82) is 0 Å². The molecule has 9 nitrogen and oxygen atoms in total. The Hall–Kier alpha value is -3.53. The molecule has 0 unspecified atom stereocenters. The molecule has 0 saturated carbocycles. The van der Waals surface area contributed by atoms with Crippen LogP contribution in [0.4, 0.5) is 5.13 Å². The molecule has 0 aliphatic heterocycles. The van der Waals surface area contributed by atoms with Gasteiger partial charge in [0.2, 0.25) is 5.13 Å². The first-order chi connectivity index (χ1) is 13.2. The molecular weight excluding hydrogens is 368 g/mol. The SMILES string of the molecule is COc1ccccc1-n1nnc(-c2nsc(NC(=O)c3ccco3)n2)c1C. The van der Waals surface area contributed by atoms with Gasteiger partial charge < -0.3 is 9.15 Å². The van der Waals surface area contributed by atoms with E-state index >= 15 is 0 Å². The molecule has 0 atom stereocenters. The Balaban J connectivity index is 1.61. The normalized spacial score (nSPS) is 10.7. The highest BCUT2D eigenvalue weighted by molar-refractivity contribution is 7.10. The molecule has 3 aromatic heterocycles. The molecule has 1 amide bonds. The number of para-hydroxylation sites is 2. The standard InChI is InChI=1S/C17H14N6O3S/c1-10-14(20-22-23(10)11-6-3-4-7-12(11)25-2)15-18-17(27-21-15)19-16(24)13-8-5-9-26-13/h3-9H,1-2H3,(H,18,19,21,24). The van der Waals surface area contributed by atoms with E-state index in [0.29, 0.717) is 22.4 Å². The number of aromatic nitrogens is 5. The fourth-order valence-electron chi connectivity index (χ4n) is 2.51.